The summed E-state index contributed by atoms with van der Waals surface area (Å²) in [5, 5.41) is 3.68. The van der Waals surface area contributed by atoms with E-state index in [1.807, 2.05) is 0 Å². The van der Waals surface area contributed by atoms with Gasteiger partial charge in [0.25, 0.3) is 0 Å². The molecule has 3 heteroatoms. The second kappa shape index (κ2) is 6.46. The zero-order valence-corrected chi connectivity index (χ0v) is 10.3. The summed E-state index contributed by atoms with van der Waals surface area (Å²) in [5.41, 5.74) is 5.80. The maximum atomic E-state index is 5.80. The first-order chi connectivity index (χ1) is 7.17. The van der Waals surface area contributed by atoms with Gasteiger partial charge in [0.05, 0.1) is 6.61 Å². The summed E-state index contributed by atoms with van der Waals surface area (Å²) in [5.74, 6) is 1.37. The Bertz CT molecular complexity index is 175. The molecular formula is C12H26N2O. The Morgan fingerprint density at radius 1 is 1.47 bits per heavy atom. The van der Waals surface area contributed by atoms with E-state index in [1.54, 1.807) is 7.11 Å². The van der Waals surface area contributed by atoms with Crippen molar-refractivity contribution in [2.45, 2.75) is 45.2 Å². The van der Waals surface area contributed by atoms with E-state index in [0.29, 0.717) is 24.5 Å². The minimum absolute atomic E-state index is 0.403. The number of rotatable bonds is 6. The molecule has 4 unspecified atom stereocenters. The molecule has 0 aromatic rings. The van der Waals surface area contributed by atoms with Crippen LogP contribution in [0.25, 0.3) is 0 Å². The van der Waals surface area contributed by atoms with Gasteiger partial charge in [-0.2, -0.15) is 0 Å². The average Bonchev–Trinajstić information content (AvgIpc) is 2.61. The van der Waals surface area contributed by atoms with Crippen molar-refractivity contribution in [2.75, 3.05) is 20.3 Å². The largest absolute Gasteiger partial charge is 0.384 e. The molecule has 1 saturated carbocycles. The van der Waals surface area contributed by atoms with Crippen molar-refractivity contribution in [1.82, 2.24) is 5.32 Å². The van der Waals surface area contributed by atoms with Crippen LogP contribution in [0.4, 0.5) is 0 Å². The zero-order chi connectivity index (χ0) is 11.3. The smallest absolute Gasteiger partial charge is 0.0503 e. The molecule has 1 rings (SSSR count). The van der Waals surface area contributed by atoms with Crippen LogP contribution in [0.15, 0.2) is 0 Å². The standard InChI is InChI=1S/C12H26N2O/c1-9-4-5-11(6-9)14-12(7-13)10(2)8-15-3/h9-12,14H,4-8,13H2,1-3H3. The maximum Gasteiger partial charge on any atom is 0.0503 e. The second-order valence-electron chi connectivity index (χ2n) is 5.06. The molecular weight excluding hydrogens is 188 g/mol. The summed E-state index contributed by atoms with van der Waals surface area (Å²) in [7, 11) is 1.75. The number of hydrogen-bond acceptors (Lipinski definition) is 3. The summed E-state index contributed by atoms with van der Waals surface area (Å²) in [6.07, 6.45) is 3.96. The first kappa shape index (κ1) is 12.9. The third-order valence-electron chi connectivity index (χ3n) is 3.51. The molecule has 3 nitrogen and oxygen atoms in total. The molecule has 15 heavy (non-hydrogen) atoms. The highest BCUT2D eigenvalue weighted by atomic mass is 16.5. The highest BCUT2D eigenvalue weighted by molar-refractivity contribution is 4.84. The number of hydrogen-bond donors (Lipinski definition) is 2. The number of nitrogens with two attached hydrogens (primary N) is 1. The number of ether oxygens (including phenoxy) is 1. The van der Waals surface area contributed by atoms with Crippen molar-refractivity contribution < 1.29 is 4.74 Å². The third-order valence-corrected chi connectivity index (χ3v) is 3.51. The molecule has 0 saturated heterocycles. The minimum Gasteiger partial charge on any atom is -0.384 e. The summed E-state index contributed by atoms with van der Waals surface area (Å²) in [6.45, 7) is 6.02. The molecule has 0 spiro atoms. The Labute approximate surface area is 93.8 Å². The molecule has 0 radical (unpaired) electrons. The van der Waals surface area contributed by atoms with E-state index in [1.165, 1.54) is 19.3 Å². The lowest BCUT2D eigenvalue weighted by Gasteiger charge is -2.26. The van der Waals surface area contributed by atoms with Gasteiger partial charge in [-0.1, -0.05) is 13.8 Å². The van der Waals surface area contributed by atoms with Gasteiger partial charge >= 0.3 is 0 Å². The summed E-state index contributed by atoms with van der Waals surface area (Å²) in [4.78, 5) is 0. The van der Waals surface area contributed by atoms with Gasteiger partial charge in [0.2, 0.25) is 0 Å². The quantitative estimate of drug-likeness (QED) is 0.702. The minimum atomic E-state index is 0.403. The van der Waals surface area contributed by atoms with Gasteiger partial charge in [-0.15, -0.1) is 0 Å². The van der Waals surface area contributed by atoms with Crippen molar-refractivity contribution in [3.63, 3.8) is 0 Å². The van der Waals surface area contributed by atoms with Crippen molar-refractivity contribution in [3.05, 3.63) is 0 Å². The van der Waals surface area contributed by atoms with Crippen molar-refractivity contribution in [1.29, 1.82) is 0 Å². The Hall–Kier alpha value is -0.120. The summed E-state index contributed by atoms with van der Waals surface area (Å²) >= 11 is 0. The van der Waals surface area contributed by atoms with Crippen LogP contribution in [0, 0.1) is 11.8 Å². The molecule has 0 bridgehead atoms. The first-order valence-electron chi connectivity index (χ1n) is 6.12. The van der Waals surface area contributed by atoms with Crippen LogP contribution in [0.3, 0.4) is 0 Å². The maximum absolute atomic E-state index is 5.80. The lowest BCUT2D eigenvalue weighted by Crippen LogP contribution is -2.46. The predicted molar refractivity (Wildman–Crippen MR) is 63.8 cm³/mol. The number of methoxy groups -OCH3 is 1. The monoisotopic (exact) mass is 214 g/mol. The van der Waals surface area contributed by atoms with Crippen LogP contribution in [-0.4, -0.2) is 32.3 Å². The van der Waals surface area contributed by atoms with Gasteiger partial charge < -0.3 is 15.8 Å². The van der Waals surface area contributed by atoms with Crippen LogP contribution in [0.1, 0.15) is 33.1 Å². The molecule has 0 amide bonds. The van der Waals surface area contributed by atoms with E-state index in [0.717, 1.165) is 12.5 Å². The highest BCUT2D eigenvalue weighted by Gasteiger charge is 2.25. The van der Waals surface area contributed by atoms with Gasteiger partial charge in [0, 0.05) is 25.7 Å². The van der Waals surface area contributed by atoms with Crippen LogP contribution in [-0.2, 0) is 4.74 Å². The fourth-order valence-corrected chi connectivity index (χ4v) is 2.50. The Morgan fingerprint density at radius 2 is 2.20 bits per heavy atom. The predicted octanol–water partition coefficient (Wildman–Crippen LogP) is 1.37. The molecule has 1 fully saturated rings. The van der Waals surface area contributed by atoms with E-state index < -0.39 is 0 Å². The summed E-state index contributed by atoms with van der Waals surface area (Å²) < 4.78 is 5.18. The van der Waals surface area contributed by atoms with Gasteiger partial charge in [-0.05, 0) is 31.1 Å². The highest BCUT2D eigenvalue weighted by Crippen LogP contribution is 2.25. The van der Waals surface area contributed by atoms with Gasteiger partial charge in [0.1, 0.15) is 0 Å². The Kier molecular flexibility index (Phi) is 5.58. The lowest BCUT2D eigenvalue weighted by molar-refractivity contribution is 0.137. The lowest BCUT2D eigenvalue weighted by atomic mass is 10.0. The van der Waals surface area contributed by atoms with Gasteiger partial charge in [-0.25, -0.2) is 0 Å². The fraction of sp³-hybridized carbons (Fsp3) is 1.00. The third kappa shape index (κ3) is 4.09. The Balaban J connectivity index is 2.32. The molecule has 3 N–H and O–H groups in total. The first-order valence-corrected chi connectivity index (χ1v) is 6.12. The van der Waals surface area contributed by atoms with Crippen molar-refractivity contribution >= 4 is 0 Å². The molecule has 90 valence electrons. The van der Waals surface area contributed by atoms with E-state index in [-0.39, 0.29) is 0 Å². The molecule has 4 atom stereocenters. The Morgan fingerprint density at radius 3 is 2.67 bits per heavy atom. The molecule has 0 aliphatic heterocycles. The SMILES string of the molecule is COCC(C)C(CN)NC1CCC(C)C1. The molecule has 0 heterocycles. The average molecular weight is 214 g/mol. The second-order valence-corrected chi connectivity index (χ2v) is 5.06. The molecule has 1 aliphatic rings. The molecule has 0 aromatic carbocycles. The fourth-order valence-electron chi connectivity index (χ4n) is 2.50. The van der Waals surface area contributed by atoms with Crippen LogP contribution >= 0.6 is 0 Å². The normalized spacial score (nSPS) is 30.4. The van der Waals surface area contributed by atoms with Crippen LogP contribution in [0.5, 0.6) is 0 Å². The van der Waals surface area contributed by atoms with Crippen LogP contribution < -0.4 is 11.1 Å². The van der Waals surface area contributed by atoms with Gasteiger partial charge in [0.15, 0.2) is 0 Å². The van der Waals surface area contributed by atoms with Crippen molar-refractivity contribution in [3.8, 4) is 0 Å². The zero-order valence-electron chi connectivity index (χ0n) is 10.3. The molecule has 1 aliphatic carbocycles. The van der Waals surface area contributed by atoms with E-state index in [9.17, 15) is 0 Å². The number of nitrogens with one attached hydrogen (secondary N) is 1. The molecule has 0 aromatic heterocycles. The van der Waals surface area contributed by atoms with E-state index >= 15 is 0 Å². The van der Waals surface area contributed by atoms with E-state index in [4.69, 9.17) is 10.5 Å². The topological polar surface area (TPSA) is 47.3 Å². The van der Waals surface area contributed by atoms with E-state index in [2.05, 4.69) is 19.2 Å². The van der Waals surface area contributed by atoms with Crippen LogP contribution in [0.2, 0.25) is 0 Å². The summed E-state index contributed by atoms with van der Waals surface area (Å²) in [6, 6.07) is 1.08. The van der Waals surface area contributed by atoms with Gasteiger partial charge in [-0.3, -0.25) is 0 Å². The van der Waals surface area contributed by atoms with Crippen molar-refractivity contribution in [2.24, 2.45) is 17.6 Å².